The molecule has 1 unspecified atom stereocenters. The summed E-state index contributed by atoms with van der Waals surface area (Å²) in [6.45, 7) is 1.99. The number of carboxylic acids is 1. The summed E-state index contributed by atoms with van der Waals surface area (Å²) in [5.74, 6) is -0.574. The largest absolute Gasteiger partial charge is 0.481 e. The second-order valence-corrected chi connectivity index (χ2v) is 9.27. The van der Waals surface area contributed by atoms with Crippen molar-refractivity contribution in [1.29, 1.82) is 0 Å². The van der Waals surface area contributed by atoms with Crippen molar-refractivity contribution in [1.82, 2.24) is 4.90 Å². The minimum Gasteiger partial charge on any atom is -0.481 e. The van der Waals surface area contributed by atoms with Crippen LogP contribution in [-0.4, -0.2) is 47.7 Å². The summed E-state index contributed by atoms with van der Waals surface area (Å²) in [4.78, 5) is 28.3. The Morgan fingerprint density at radius 3 is 2.52 bits per heavy atom. The first-order valence-corrected chi connectivity index (χ1v) is 11.2. The van der Waals surface area contributed by atoms with Crippen LogP contribution in [0.4, 0.5) is 0 Å². The lowest BCUT2D eigenvalue weighted by molar-refractivity contribution is -0.147. The summed E-state index contributed by atoms with van der Waals surface area (Å²) in [6.07, 6.45) is 7.51. The molecule has 5 nitrogen and oxygen atoms in total. The van der Waals surface area contributed by atoms with Gasteiger partial charge in [-0.1, -0.05) is 25.3 Å². The van der Waals surface area contributed by atoms with E-state index in [9.17, 15) is 14.7 Å². The highest BCUT2D eigenvalue weighted by Crippen LogP contribution is 2.44. The molecule has 6 heteroatoms. The summed E-state index contributed by atoms with van der Waals surface area (Å²) in [7, 11) is 0. The van der Waals surface area contributed by atoms with Crippen LogP contribution in [0.2, 0.25) is 0 Å². The fraction of sp³-hybridized carbons (Fsp3) is 0.714. The number of ether oxygens (including phenoxy) is 1. The number of carbonyl (C=O) groups excluding carboxylic acids is 1. The molecule has 0 bridgehead atoms. The molecular weight excluding hydrogens is 362 g/mol. The molecule has 3 aliphatic rings. The third-order valence-electron chi connectivity index (χ3n) is 6.85. The number of hydrogen-bond donors (Lipinski definition) is 1. The van der Waals surface area contributed by atoms with Gasteiger partial charge < -0.3 is 14.7 Å². The molecule has 1 amide bonds. The van der Waals surface area contributed by atoms with Crippen molar-refractivity contribution in [2.75, 3.05) is 19.7 Å². The SMILES string of the molecule is O=C(O)C1CCO[C@H]1C1CCN(C(=O)C2(c3cccs3)CCCCC2)CC1. The summed E-state index contributed by atoms with van der Waals surface area (Å²) < 4.78 is 5.77. The number of thiophene rings is 1. The molecule has 0 aromatic carbocycles. The average molecular weight is 392 g/mol. The minimum absolute atomic E-state index is 0.180. The van der Waals surface area contributed by atoms with Gasteiger partial charge in [-0.2, -0.15) is 0 Å². The van der Waals surface area contributed by atoms with Crippen LogP contribution in [0.15, 0.2) is 17.5 Å². The smallest absolute Gasteiger partial charge is 0.309 e. The van der Waals surface area contributed by atoms with E-state index in [1.165, 1.54) is 11.3 Å². The number of hydrogen-bond acceptors (Lipinski definition) is 4. The Bertz CT molecular complexity index is 660. The molecule has 1 saturated carbocycles. The van der Waals surface area contributed by atoms with Crippen molar-refractivity contribution in [2.24, 2.45) is 11.8 Å². The monoisotopic (exact) mass is 391 g/mol. The molecule has 0 spiro atoms. The number of nitrogens with zero attached hydrogens (tertiary/aromatic N) is 1. The van der Waals surface area contributed by atoms with E-state index >= 15 is 0 Å². The van der Waals surface area contributed by atoms with Crippen LogP contribution >= 0.6 is 11.3 Å². The van der Waals surface area contributed by atoms with Crippen molar-refractivity contribution >= 4 is 23.2 Å². The standard InChI is InChI=1S/C21H29NO4S/c23-19(24)16-8-13-26-18(16)15-6-11-22(12-7-15)20(25)21(9-2-1-3-10-21)17-5-4-14-27-17/h4-5,14-16,18H,1-3,6-13H2,(H,23,24)/t16?,18-/m0/s1. The molecule has 1 aliphatic carbocycles. The van der Waals surface area contributed by atoms with Crippen LogP contribution in [0, 0.1) is 11.8 Å². The third kappa shape index (κ3) is 3.54. The zero-order valence-corrected chi connectivity index (χ0v) is 16.6. The van der Waals surface area contributed by atoms with Crippen molar-refractivity contribution in [3.8, 4) is 0 Å². The number of likely N-dealkylation sites (tertiary alicyclic amines) is 1. The molecule has 1 aromatic heterocycles. The molecule has 0 radical (unpaired) electrons. The Morgan fingerprint density at radius 2 is 1.89 bits per heavy atom. The first kappa shape index (κ1) is 18.9. The number of rotatable bonds is 4. The van der Waals surface area contributed by atoms with Crippen molar-refractivity contribution in [3.63, 3.8) is 0 Å². The van der Waals surface area contributed by atoms with Crippen molar-refractivity contribution in [2.45, 2.75) is 62.9 Å². The van der Waals surface area contributed by atoms with Gasteiger partial charge in [0.1, 0.15) is 0 Å². The van der Waals surface area contributed by atoms with Gasteiger partial charge in [-0.05, 0) is 49.5 Å². The van der Waals surface area contributed by atoms with Gasteiger partial charge in [0.05, 0.1) is 17.4 Å². The highest BCUT2D eigenvalue weighted by molar-refractivity contribution is 7.10. The summed E-state index contributed by atoms with van der Waals surface area (Å²) in [5, 5.41) is 11.5. The van der Waals surface area contributed by atoms with Crippen molar-refractivity contribution < 1.29 is 19.4 Å². The first-order valence-electron chi connectivity index (χ1n) is 10.3. The van der Waals surface area contributed by atoms with E-state index in [0.717, 1.165) is 51.6 Å². The average Bonchev–Trinajstić information content (AvgIpc) is 3.40. The van der Waals surface area contributed by atoms with Gasteiger partial charge in [-0.25, -0.2) is 0 Å². The third-order valence-corrected chi connectivity index (χ3v) is 7.93. The molecule has 2 saturated heterocycles. The number of carboxylic acid groups (broad SMARTS) is 1. The summed E-state index contributed by atoms with van der Waals surface area (Å²) in [5.41, 5.74) is -0.327. The summed E-state index contributed by atoms with van der Waals surface area (Å²) >= 11 is 1.71. The molecule has 148 valence electrons. The number of carbonyl (C=O) groups is 2. The van der Waals surface area contributed by atoms with Gasteiger partial charge in [-0.3, -0.25) is 9.59 Å². The quantitative estimate of drug-likeness (QED) is 0.850. The van der Waals surface area contributed by atoms with Crippen LogP contribution in [-0.2, 0) is 19.7 Å². The van der Waals surface area contributed by atoms with E-state index in [1.54, 1.807) is 11.3 Å². The zero-order valence-electron chi connectivity index (χ0n) is 15.8. The molecule has 3 heterocycles. The second-order valence-electron chi connectivity index (χ2n) is 8.32. The Hall–Kier alpha value is -1.40. The Labute approximate surface area is 164 Å². The van der Waals surface area contributed by atoms with E-state index in [-0.39, 0.29) is 23.4 Å². The first-order chi connectivity index (χ1) is 13.1. The Balaban J connectivity index is 1.44. The van der Waals surface area contributed by atoms with Gasteiger partial charge in [0.15, 0.2) is 0 Å². The van der Waals surface area contributed by atoms with Crippen LogP contribution < -0.4 is 0 Å². The fourth-order valence-electron chi connectivity index (χ4n) is 5.35. The van der Waals surface area contributed by atoms with Gasteiger partial charge in [0.2, 0.25) is 5.91 Å². The van der Waals surface area contributed by atoms with Crippen LogP contribution in [0.3, 0.4) is 0 Å². The molecule has 3 fully saturated rings. The van der Waals surface area contributed by atoms with Gasteiger partial charge in [0.25, 0.3) is 0 Å². The van der Waals surface area contributed by atoms with Crippen LogP contribution in [0.1, 0.15) is 56.2 Å². The molecule has 1 N–H and O–H groups in total. The number of amides is 1. The van der Waals surface area contributed by atoms with Crippen molar-refractivity contribution in [3.05, 3.63) is 22.4 Å². The Morgan fingerprint density at radius 1 is 1.15 bits per heavy atom. The molecule has 4 rings (SSSR count). The Kier molecular flexibility index (Phi) is 5.55. The predicted octanol–water partition coefficient (Wildman–Crippen LogP) is 3.68. The van der Waals surface area contributed by atoms with Gasteiger partial charge >= 0.3 is 5.97 Å². The maximum atomic E-state index is 13.6. The molecule has 2 atom stereocenters. The number of piperidine rings is 1. The molecule has 1 aromatic rings. The van der Waals surface area contributed by atoms with Gasteiger partial charge in [0, 0.05) is 24.6 Å². The molecule has 2 aliphatic heterocycles. The maximum Gasteiger partial charge on any atom is 0.309 e. The van der Waals surface area contributed by atoms with E-state index in [0.29, 0.717) is 18.9 Å². The highest BCUT2D eigenvalue weighted by Gasteiger charge is 2.46. The fourth-order valence-corrected chi connectivity index (χ4v) is 6.32. The summed E-state index contributed by atoms with van der Waals surface area (Å²) in [6, 6.07) is 4.18. The lowest BCUT2D eigenvalue weighted by atomic mass is 9.71. The molecule has 27 heavy (non-hydrogen) atoms. The molecular formula is C21H29NO4S. The van der Waals surface area contributed by atoms with E-state index < -0.39 is 5.97 Å². The van der Waals surface area contributed by atoms with Gasteiger partial charge in [-0.15, -0.1) is 11.3 Å². The lowest BCUT2D eigenvalue weighted by Crippen LogP contribution is -2.51. The van der Waals surface area contributed by atoms with E-state index in [1.807, 2.05) is 4.90 Å². The van der Waals surface area contributed by atoms with E-state index in [4.69, 9.17) is 4.74 Å². The normalized spacial score (nSPS) is 29.0. The topological polar surface area (TPSA) is 66.8 Å². The highest BCUT2D eigenvalue weighted by atomic mass is 32.1. The van der Waals surface area contributed by atoms with Crippen LogP contribution in [0.25, 0.3) is 0 Å². The van der Waals surface area contributed by atoms with E-state index in [2.05, 4.69) is 17.5 Å². The van der Waals surface area contributed by atoms with Crippen LogP contribution in [0.5, 0.6) is 0 Å². The number of aliphatic carboxylic acids is 1. The maximum absolute atomic E-state index is 13.6. The zero-order chi connectivity index (χ0) is 18.9. The lowest BCUT2D eigenvalue weighted by Gasteiger charge is -2.42. The second kappa shape index (κ2) is 7.92. The predicted molar refractivity (Wildman–Crippen MR) is 104 cm³/mol. The minimum atomic E-state index is -0.741.